The van der Waals surface area contributed by atoms with Gasteiger partial charge in [-0.25, -0.2) is 0 Å². The summed E-state index contributed by atoms with van der Waals surface area (Å²) < 4.78 is 4.17. The van der Waals surface area contributed by atoms with E-state index in [-0.39, 0.29) is 24.8 Å². The summed E-state index contributed by atoms with van der Waals surface area (Å²) in [6, 6.07) is 32.6. The summed E-state index contributed by atoms with van der Waals surface area (Å²) in [5.41, 5.74) is 2.39. The van der Waals surface area contributed by atoms with Gasteiger partial charge in [0.15, 0.2) is 24.8 Å². The molecule has 0 unspecified atom stereocenters. The fourth-order valence-corrected chi connectivity index (χ4v) is 2.34. The Morgan fingerprint density at radius 3 is 0.923 bits per heavy atom. The second-order valence-electron chi connectivity index (χ2n) is 5.24. The zero-order valence-corrected chi connectivity index (χ0v) is 15.7. The largest absolute Gasteiger partial charge is 1.00 e. The second-order valence-corrected chi connectivity index (χ2v) is 5.24. The molecule has 2 nitrogen and oxygen atoms in total. The van der Waals surface area contributed by atoms with E-state index in [0.29, 0.717) is 0 Å². The predicted molar refractivity (Wildman–Crippen MR) is 95.9 cm³/mol. The number of benzene rings is 2. The SMILES string of the molecule is [Cl-].[Cl-].c1ccc(-[n+]2ccccc2)cc1.c1ccc(-[n+]2ccccc2)cc1. The van der Waals surface area contributed by atoms with Gasteiger partial charge in [0.1, 0.15) is 0 Å². The topological polar surface area (TPSA) is 7.76 Å². The van der Waals surface area contributed by atoms with Crippen LogP contribution in [0.5, 0.6) is 0 Å². The Morgan fingerprint density at radius 2 is 0.615 bits per heavy atom. The van der Waals surface area contributed by atoms with Crippen LogP contribution >= 0.6 is 0 Å². The maximum absolute atomic E-state index is 2.08. The molecule has 2 aromatic carbocycles. The first-order valence-electron chi connectivity index (χ1n) is 7.97. The van der Waals surface area contributed by atoms with E-state index in [1.807, 2.05) is 97.6 Å². The van der Waals surface area contributed by atoms with Crippen LogP contribution in [0, 0.1) is 0 Å². The lowest BCUT2D eigenvalue weighted by Gasteiger charge is -1.92. The highest BCUT2D eigenvalue weighted by Gasteiger charge is 2.00. The summed E-state index contributed by atoms with van der Waals surface area (Å²) in [5.74, 6) is 0. The lowest BCUT2D eigenvalue weighted by molar-refractivity contribution is -0.596. The van der Waals surface area contributed by atoms with Gasteiger partial charge in [0, 0.05) is 48.5 Å². The number of aromatic nitrogens is 2. The van der Waals surface area contributed by atoms with Crippen molar-refractivity contribution < 1.29 is 33.9 Å². The van der Waals surface area contributed by atoms with Crippen molar-refractivity contribution in [2.45, 2.75) is 0 Å². The smallest absolute Gasteiger partial charge is 0.210 e. The molecule has 0 aliphatic rings. The number of hydrogen-bond donors (Lipinski definition) is 0. The first-order chi connectivity index (χ1) is 11.9. The van der Waals surface area contributed by atoms with Crippen molar-refractivity contribution in [3.05, 3.63) is 122 Å². The minimum absolute atomic E-state index is 0. The highest BCUT2D eigenvalue weighted by Crippen LogP contribution is 1.97. The molecule has 0 fully saturated rings. The molecule has 4 rings (SSSR count). The van der Waals surface area contributed by atoms with Crippen LogP contribution in [0.3, 0.4) is 0 Å². The number of pyridine rings is 2. The Balaban J connectivity index is 0.000000241. The molecule has 2 aromatic heterocycles. The van der Waals surface area contributed by atoms with E-state index in [0.717, 1.165) is 0 Å². The minimum Gasteiger partial charge on any atom is -1.00 e. The van der Waals surface area contributed by atoms with Crippen LogP contribution in [0.4, 0.5) is 0 Å². The number of nitrogens with zero attached hydrogens (tertiary/aromatic N) is 2. The summed E-state index contributed by atoms with van der Waals surface area (Å²) in [6.45, 7) is 0. The molecule has 0 N–H and O–H groups in total. The third-order valence-corrected chi connectivity index (χ3v) is 3.54. The van der Waals surface area contributed by atoms with E-state index < -0.39 is 0 Å². The normalized spacial score (nSPS) is 8.92. The zero-order chi connectivity index (χ0) is 16.5. The van der Waals surface area contributed by atoms with Gasteiger partial charge < -0.3 is 24.8 Å². The van der Waals surface area contributed by atoms with Gasteiger partial charge in [-0.15, -0.1) is 0 Å². The van der Waals surface area contributed by atoms with Crippen LogP contribution in [-0.4, -0.2) is 0 Å². The average molecular weight is 383 g/mol. The van der Waals surface area contributed by atoms with Gasteiger partial charge >= 0.3 is 0 Å². The van der Waals surface area contributed by atoms with Gasteiger partial charge in [-0.2, -0.15) is 9.13 Å². The standard InChI is InChI=1S/2C11H10N.2ClH/c2*1-3-7-11(8-4-1)12-9-5-2-6-10-12;;/h2*1-10H;2*1H/q2*+1;;/p-2. The Kier molecular flexibility index (Phi) is 9.70. The third kappa shape index (κ3) is 6.32. The Hall–Kier alpha value is -2.68. The lowest BCUT2D eigenvalue weighted by Crippen LogP contribution is -3.00. The molecule has 26 heavy (non-hydrogen) atoms. The number of rotatable bonds is 2. The van der Waals surface area contributed by atoms with Crippen molar-refractivity contribution >= 4 is 0 Å². The summed E-state index contributed by atoms with van der Waals surface area (Å²) in [6.07, 6.45) is 8.15. The maximum Gasteiger partial charge on any atom is 0.210 e. The van der Waals surface area contributed by atoms with Crippen LogP contribution in [-0.2, 0) is 0 Å². The van der Waals surface area contributed by atoms with Gasteiger partial charge in [-0.05, 0) is 0 Å². The average Bonchev–Trinajstić information content (AvgIpc) is 2.71. The molecule has 132 valence electrons. The summed E-state index contributed by atoms with van der Waals surface area (Å²) in [7, 11) is 0. The van der Waals surface area contributed by atoms with Crippen LogP contribution in [0.2, 0.25) is 0 Å². The van der Waals surface area contributed by atoms with E-state index in [2.05, 4.69) is 33.4 Å². The molecule has 0 aliphatic carbocycles. The zero-order valence-electron chi connectivity index (χ0n) is 14.2. The first kappa shape index (κ1) is 21.4. The van der Waals surface area contributed by atoms with E-state index in [1.54, 1.807) is 0 Å². The molecule has 0 saturated heterocycles. The van der Waals surface area contributed by atoms with Gasteiger partial charge in [0.05, 0.1) is 0 Å². The predicted octanol–water partition coefficient (Wildman–Crippen LogP) is -2.07. The molecule has 0 radical (unpaired) electrons. The Labute approximate surface area is 167 Å². The van der Waals surface area contributed by atoms with Crippen molar-refractivity contribution in [3.63, 3.8) is 0 Å². The van der Waals surface area contributed by atoms with Crippen molar-refractivity contribution in [3.8, 4) is 11.4 Å². The van der Waals surface area contributed by atoms with E-state index >= 15 is 0 Å². The first-order valence-corrected chi connectivity index (χ1v) is 7.97. The van der Waals surface area contributed by atoms with Gasteiger partial charge in [0.2, 0.25) is 11.4 Å². The molecule has 0 bridgehead atoms. The quantitative estimate of drug-likeness (QED) is 0.352. The molecule has 4 heteroatoms. The lowest BCUT2D eigenvalue weighted by atomic mass is 10.3. The molecular formula is C22H20Cl2N2. The molecule has 0 atom stereocenters. The number of para-hydroxylation sites is 2. The van der Waals surface area contributed by atoms with Gasteiger partial charge in [-0.1, -0.05) is 48.5 Å². The summed E-state index contributed by atoms with van der Waals surface area (Å²) >= 11 is 0. The second kappa shape index (κ2) is 11.8. The molecule has 0 spiro atoms. The fraction of sp³-hybridized carbons (Fsp3) is 0. The van der Waals surface area contributed by atoms with E-state index in [9.17, 15) is 0 Å². The van der Waals surface area contributed by atoms with Gasteiger partial charge in [-0.3, -0.25) is 0 Å². The summed E-state index contributed by atoms with van der Waals surface area (Å²) in [5, 5.41) is 0. The van der Waals surface area contributed by atoms with Gasteiger partial charge in [0.25, 0.3) is 0 Å². The number of halogens is 2. The molecule has 0 amide bonds. The Morgan fingerprint density at radius 1 is 0.346 bits per heavy atom. The molecular weight excluding hydrogens is 363 g/mol. The highest BCUT2D eigenvalue weighted by molar-refractivity contribution is 5.21. The van der Waals surface area contributed by atoms with Crippen molar-refractivity contribution in [1.82, 2.24) is 0 Å². The fourth-order valence-electron chi connectivity index (χ4n) is 2.34. The minimum atomic E-state index is 0. The van der Waals surface area contributed by atoms with Crippen LogP contribution in [0.1, 0.15) is 0 Å². The number of hydrogen-bond acceptors (Lipinski definition) is 0. The molecule has 0 aliphatic heterocycles. The Bertz CT molecular complexity index is 690. The van der Waals surface area contributed by atoms with Crippen molar-refractivity contribution in [1.29, 1.82) is 0 Å². The molecule has 2 heterocycles. The van der Waals surface area contributed by atoms with E-state index in [1.165, 1.54) is 11.4 Å². The third-order valence-electron chi connectivity index (χ3n) is 3.54. The molecule has 0 saturated carbocycles. The van der Waals surface area contributed by atoms with E-state index in [4.69, 9.17) is 0 Å². The monoisotopic (exact) mass is 382 g/mol. The van der Waals surface area contributed by atoms with Crippen molar-refractivity contribution in [2.24, 2.45) is 0 Å². The summed E-state index contributed by atoms with van der Waals surface area (Å²) in [4.78, 5) is 0. The maximum atomic E-state index is 2.08. The molecule has 4 aromatic rings. The van der Waals surface area contributed by atoms with Crippen LogP contribution in [0.25, 0.3) is 11.4 Å². The van der Waals surface area contributed by atoms with Crippen molar-refractivity contribution in [2.75, 3.05) is 0 Å². The van der Waals surface area contributed by atoms with Crippen LogP contribution in [0.15, 0.2) is 122 Å². The van der Waals surface area contributed by atoms with Crippen LogP contribution < -0.4 is 33.9 Å². The highest BCUT2D eigenvalue weighted by atomic mass is 35.5.